The minimum absolute atomic E-state index is 0.0168. The number of urea groups is 1. The lowest BCUT2D eigenvalue weighted by Crippen LogP contribution is -2.24. The van der Waals surface area contributed by atoms with Crippen molar-refractivity contribution in [2.45, 2.75) is 16.6 Å². The van der Waals surface area contributed by atoms with E-state index in [2.05, 4.69) is 16.7 Å². The molecule has 1 aliphatic rings. The van der Waals surface area contributed by atoms with Gasteiger partial charge in [-0.15, -0.1) is 11.8 Å². The topological polar surface area (TPSA) is 84.2 Å². The van der Waals surface area contributed by atoms with Crippen LogP contribution in [0.2, 0.25) is 0 Å². The van der Waals surface area contributed by atoms with Gasteiger partial charge in [0.05, 0.1) is 5.25 Å². The van der Waals surface area contributed by atoms with Crippen LogP contribution in [0.25, 0.3) is 0 Å². The minimum Gasteiger partial charge on any atom is -0.351 e. The van der Waals surface area contributed by atoms with E-state index in [1.807, 2.05) is 18.2 Å². The maximum Gasteiger partial charge on any atom is 0.316 e. The fraction of sp³-hybridized carbons (Fsp3) is 0.125. The number of anilines is 2. The van der Waals surface area contributed by atoms with Crippen LogP contribution in [0.3, 0.4) is 0 Å². The smallest absolute Gasteiger partial charge is 0.316 e. The maximum absolute atomic E-state index is 12.3. The molecule has 3 rings (SSSR count). The Balaban J connectivity index is 1.62. The molecule has 0 saturated carbocycles. The van der Waals surface area contributed by atoms with Gasteiger partial charge in [0.2, 0.25) is 5.91 Å². The number of thioether (sulfide) groups is 1. The number of primary amides is 1. The number of fused-ring (bicyclic) bond motifs is 1. The largest absolute Gasteiger partial charge is 0.351 e. The van der Waals surface area contributed by atoms with Gasteiger partial charge in [0.25, 0.3) is 0 Å². The molecule has 1 heterocycles. The minimum atomic E-state index is -0.614. The number of rotatable bonds is 3. The van der Waals surface area contributed by atoms with E-state index in [0.29, 0.717) is 11.4 Å². The third-order valence-electron chi connectivity index (χ3n) is 3.36. The van der Waals surface area contributed by atoms with Gasteiger partial charge in [-0.2, -0.15) is 0 Å². The molecule has 0 fully saturated rings. The van der Waals surface area contributed by atoms with Crippen molar-refractivity contribution in [1.29, 1.82) is 0 Å². The molecule has 3 amide bonds. The third-order valence-corrected chi connectivity index (χ3v) is 4.68. The predicted molar refractivity (Wildman–Crippen MR) is 88.1 cm³/mol. The van der Waals surface area contributed by atoms with E-state index in [9.17, 15) is 9.59 Å². The van der Waals surface area contributed by atoms with E-state index in [1.165, 1.54) is 10.5 Å². The summed E-state index contributed by atoms with van der Waals surface area (Å²) < 4.78 is 0. The van der Waals surface area contributed by atoms with Crippen molar-refractivity contribution in [2.24, 2.45) is 5.73 Å². The highest BCUT2D eigenvalue weighted by atomic mass is 32.2. The van der Waals surface area contributed by atoms with Gasteiger partial charge in [0.15, 0.2) is 0 Å². The lowest BCUT2D eigenvalue weighted by molar-refractivity contribution is -0.115. The van der Waals surface area contributed by atoms with Gasteiger partial charge < -0.3 is 16.4 Å². The second kappa shape index (κ2) is 6.11. The summed E-state index contributed by atoms with van der Waals surface area (Å²) in [5, 5.41) is 5.26. The average Bonchev–Trinajstić information content (AvgIpc) is 2.93. The van der Waals surface area contributed by atoms with Crippen LogP contribution in [0.1, 0.15) is 5.56 Å². The molecule has 1 unspecified atom stereocenters. The fourth-order valence-electron chi connectivity index (χ4n) is 2.33. The first-order chi connectivity index (χ1) is 10.6. The first-order valence-corrected chi connectivity index (χ1v) is 7.72. The van der Waals surface area contributed by atoms with E-state index in [-0.39, 0.29) is 11.2 Å². The Kier molecular flexibility index (Phi) is 4.02. The third kappa shape index (κ3) is 3.23. The van der Waals surface area contributed by atoms with Crippen LogP contribution in [-0.4, -0.2) is 17.2 Å². The number of hydrogen-bond acceptors (Lipinski definition) is 3. The molecule has 112 valence electrons. The Labute approximate surface area is 132 Å². The molecule has 0 radical (unpaired) electrons. The number of nitrogens with one attached hydrogen (secondary N) is 2. The summed E-state index contributed by atoms with van der Waals surface area (Å²) in [6.07, 6.45) is 0.744. The summed E-state index contributed by atoms with van der Waals surface area (Å²) in [4.78, 5) is 24.2. The van der Waals surface area contributed by atoms with Gasteiger partial charge in [-0.1, -0.05) is 18.2 Å². The van der Waals surface area contributed by atoms with E-state index < -0.39 is 6.03 Å². The molecule has 22 heavy (non-hydrogen) atoms. The molecular weight excluding hydrogens is 298 g/mol. The highest BCUT2D eigenvalue weighted by Gasteiger charge is 2.27. The molecule has 5 nitrogen and oxygen atoms in total. The van der Waals surface area contributed by atoms with E-state index in [4.69, 9.17) is 5.73 Å². The van der Waals surface area contributed by atoms with Crippen molar-refractivity contribution in [1.82, 2.24) is 0 Å². The zero-order valence-electron chi connectivity index (χ0n) is 11.7. The molecule has 4 N–H and O–H groups in total. The van der Waals surface area contributed by atoms with Gasteiger partial charge in [0.1, 0.15) is 0 Å². The molecule has 2 aromatic rings. The van der Waals surface area contributed by atoms with Crippen molar-refractivity contribution in [3.63, 3.8) is 0 Å². The summed E-state index contributed by atoms with van der Waals surface area (Å²) in [6.45, 7) is 0. The van der Waals surface area contributed by atoms with E-state index in [1.54, 1.807) is 36.0 Å². The summed E-state index contributed by atoms with van der Waals surface area (Å²) >= 11 is 1.59. The van der Waals surface area contributed by atoms with Crippen molar-refractivity contribution in [3.05, 3.63) is 54.1 Å². The molecule has 0 aliphatic carbocycles. The molecule has 2 aromatic carbocycles. The van der Waals surface area contributed by atoms with Crippen molar-refractivity contribution in [2.75, 3.05) is 10.6 Å². The first kappa shape index (κ1) is 14.5. The molecule has 6 heteroatoms. The van der Waals surface area contributed by atoms with Crippen LogP contribution in [0, 0.1) is 0 Å². The zero-order chi connectivity index (χ0) is 15.5. The molecule has 0 spiro atoms. The number of carbonyl (C=O) groups is 2. The quantitative estimate of drug-likeness (QED) is 0.814. The van der Waals surface area contributed by atoms with Gasteiger partial charge >= 0.3 is 6.03 Å². The monoisotopic (exact) mass is 313 g/mol. The van der Waals surface area contributed by atoms with Crippen LogP contribution in [0.4, 0.5) is 16.2 Å². The second-order valence-electron chi connectivity index (χ2n) is 4.97. The highest BCUT2D eigenvalue weighted by molar-refractivity contribution is 8.01. The molecule has 1 aliphatic heterocycles. The number of amides is 3. The molecule has 0 saturated heterocycles. The molecule has 1 atom stereocenters. The second-order valence-corrected chi connectivity index (χ2v) is 6.22. The predicted octanol–water partition coefficient (Wildman–Crippen LogP) is 2.83. The Morgan fingerprint density at radius 3 is 2.27 bits per heavy atom. The normalized spacial score (nSPS) is 15.9. The summed E-state index contributed by atoms with van der Waals surface area (Å²) in [7, 11) is 0. The SMILES string of the molecule is NC(=O)Nc1ccc(NC(=O)C2Cc3ccccc3S2)cc1. The summed E-state index contributed by atoms with van der Waals surface area (Å²) in [6, 6.07) is 14.3. The van der Waals surface area contributed by atoms with Crippen LogP contribution in [0.15, 0.2) is 53.4 Å². The number of benzene rings is 2. The summed E-state index contributed by atoms with van der Waals surface area (Å²) in [5.74, 6) is -0.0168. The van der Waals surface area contributed by atoms with Crippen LogP contribution in [-0.2, 0) is 11.2 Å². The highest BCUT2D eigenvalue weighted by Crippen LogP contribution is 2.37. The van der Waals surface area contributed by atoms with Gasteiger partial charge in [0, 0.05) is 16.3 Å². The number of nitrogens with two attached hydrogens (primary N) is 1. The molecular formula is C16H15N3O2S. The lowest BCUT2D eigenvalue weighted by Gasteiger charge is -2.10. The molecule has 0 aromatic heterocycles. The van der Waals surface area contributed by atoms with Crippen LogP contribution < -0.4 is 16.4 Å². The van der Waals surface area contributed by atoms with Crippen LogP contribution in [0.5, 0.6) is 0 Å². The van der Waals surface area contributed by atoms with Crippen molar-refractivity contribution >= 4 is 35.1 Å². The van der Waals surface area contributed by atoms with Gasteiger partial charge in [-0.25, -0.2) is 4.79 Å². The zero-order valence-corrected chi connectivity index (χ0v) is 12.5. The first-order valence-electron chi connectivity index (χ1n) is 6.84. The maximum atomic E-state index is 12.3. The van der Waals surface area contributed by atoms with E-state index >= 15 is 0 Å². The average molecular weight is 313 g/mol. The Hall–Kier alpha value is -2.47. The number of carbonyl (C=O) groups excluding carboxylic acids is 2. The standard InChI is InChI=1S/C16H15N3O2S/c17-16(21)19-12-7-5-11(6-8-12)18-15(20)14-9-10-3-1-2-4-13(10)22-14/h1-8,14H,9H2,(H,18,20)(H3,17,19,21). The van der Waals surface area contributed by atoms with Crippen molar-refractivity contribution in [3.8, 4) is 0 Å². The van der Waals surface area contributed by atoms with Crippen LogP contribution >= 0.6 is 11.8 Å². The Morgan fingerprint density at radius 1 is 1.00 bits per heavy atom. The lowest BCUT2D eigenvalue weighted by atomic mass is 10.1. The van der Waals surface area contributed by atoms with Gasteiger partial charge in [-0.05, 0) is 42.3 Å². The Bertz CT molecular complexity index is 691. The summed E-state index contributed by atoms with van der Waals surface area (Å²) in [5.41, 5.74) is 7.54. The Morgan fingerprint density at radius 2 is 1.64 bits per heavy atom. The van der Waals surface area contributed by atoms with Crippen molar-refractivity contribution < 1.29 is 9.59 Å². The van der Waals surface area contributed by atoms with E-state index in [0.717, 1.165) is 6.42 Å². The fourth-order valence-corrected chi connectivity index (χ4v) is 3.53. The number of hydrogen-bond donors (Lipinski definition) is 3. The van der Waals surface area contributed by atoms with Gasteiger partial charge in [-0.3, -0.25) is 4.79 Å². The molecule has 0 bridgehead atoms.